The topological polar surface area (TPSA) is 66.7 Å². The summed E-state index contributed by atoms with van der Waals surface area (Å²) >= 11 is 5.93. The quantitative estimate of drug-likeness (QED) is 0.565. The van der Waals surface area contributed by atoms with Crippen molar-refractivity contribution in [3.8, 4) is 0 Å². The summed E-state index contributed by atoms with van der Waals surface area (Å²) in [5.41, 5.74) is 7.34. The van der Waals surface area contributed by atoms with Gasteiger partial charge in [-0.15, -0.1) is 0 Å². The lowest BCUT2D eigenvalue weighted by atomic mass is 10.2. The van der Waals surface area contributed by atoms with E-state index >= 15 is 0 Å². The van der Waals surface area contributed by atoms with Crippen molar-refractivity contribution in [2.75, 3.05) is 17.6 Å². The summed E-state index contributed by atoms with van der Waals surface area (Å²) in [7, 11) is 0. The van der Waals surface area contributed by atoms with Gasteiger partial charge in [0.2, 0.25) is 0 Å². The summed E-state index contributed by atoms with van der Waals surface area (Å²) in [6.07, 6.45) is 5.50. The summed E-state index contributed by atoms with van der Waals surface area (Å²) in [5, 5.41) is 3.85. The first kappa shape index (κ1) is 11.8. The number of halogens is 1. The van der Waals surface area contributed by atoms with Crippen molar-refractivity contribution in [3.63, 3.8) is 0 Å². The van der Waals surface area contributed by atoms with E-state index in [1.807, 2.05) is 18.3 Å². The van der Waals surface area contributed by atoms with Crippen molar-refractivity contribution in [2.24, 2.45) is 0 Å². The minimum absolute atomic E-state index is 0.584. The number of imidazole rings is 1. The molecule has 5 heteroatoms. The Morgan fingerprint density at radius 3 is 3.06 bits per heavy atom. The minimum Gasteiger partial charge on any atom is -0.396 e. The van der Waals surface area contributed by atoms with Crippen LogP contribution in [0.4, 0.5) is 11.4 Å². The van der Waals surface area contributed by atoms with Gasteiger partial charge in [-0.2, -0.15) is 0 Å². The third kappa shape index (κ3) is 3.14. The van der Waals surface area contributed by atoms with Crippen LogP contribution in [-0.2, 0) is 6.42 Å². The van der Waals surface area contributed by atoms with Crippen LogP contribution in [0.25, 0.3) is 0 Å². The molecular formula is C12H15ClN4. The summed E-state index contributed by atoms with van der Waals surface area (Å²) < 4.78 is 0. The van der Waals surface area contributed by atoms with E-state index in [1.54, 1.807) is 12.3 Å². The van der Waals surface area contributed by atoms with Crippen molar-refractivity contribution in [2.45, 2.75) is 12.8 Å². The van der Waals surface area contributed by atoms with Gasteiger partial charge in [0.25, 0.3) is 0 Å². The van der Waals surface area contributed by atoms with Crippen LogP contribution < -0.4 is 11.1 Å². The number of aromatic amines is 1. The Kier molecular flexibility index (Phi) is 3.88. The first-order valence-electron chi connectivity index (χ1n) is 5.53. The molecule has 4 N–H and O–H groups in total. The molecule has 0 amide bonds. The van der Waals surface area contributed by atoms with E-state index in [9.17, 15) is 0 Å². The number of hydrogen-bond acceptors (Lipinski definition) is 3. The Balaban J connectivity index is 1.80. The highest BCUT2D eigenvalue weighted by molar-refractivity contribution is 6.33. The molecule has 0 aliphatic heterocycles. The van der Waals surface area contributed by atoms with E-state index in [0.717, 1.165) is 30.9 Å². The largest absolute Gasteiger partial charge is 0.396 e. The number of hydrogen-bond donors (Lipinski definition) is 3. The second-order valence-electron chi connectivity index (χ2n) is 3.77. The molecule has 17 heavy (non-hydrogen) atoms. The Morgan fingerprint density at radius 1 is 1.41 bits per heavy atom. The Hall–Kier alpha value is -1.68. The van der Waals surface area contributed by atoms with Gasteiger partial charge < -0.3 is 16.0 Å². The Morgan fingerprint density at radius 2 is 2.29 bits per heavy atom. The average Bonchev–Trinajstić information content (AvgIpc) is 2.83. The smallest absolute Gasteiger partial charge is 0.106 e. The fourth-order valence-electron chi connectivity index (χ4n) is 1.60. The van der Waals surface area contributed by atoms with Crippen LogP contribution in [0, 0.1) is 0 Å². The van der Waals surface area contributed by atoms with E-state index in [1.165, 1.54) is 0 Å². The number of H-pyrrole nitrogens is 1. The van der Waals surface area contributed by atoms with Gasteiger partial charge in [-0.25, -0.2) is 4.98 Å². The average molecular weight is 251 g/mol. The molecule has 4 nitrogen and oxygen atoms in total. The van der Waals surface area contributed by atoms with Crippen LogP contribution >= 0.6 is 11.6 Å². The number of benzene rings is 1. The number of aryl methyl sites for hydroxylation is 1. The molecule has 0 radical (unpaired) electrons. The van der Waals surface area contributed by atoms with Gasteiger partial charge in [0, 0.05) is 25.4 Å². The third-order valence-corrected chi connectivity index (χ3v) is 2.84. The predicted molar refractivity (Wildman–Crippen MR) is 71.3 cm³/mol. The predicted octanol–water partition coefficient (Wildman–Crippen LogP) is 2.69. The summed E-state index contributed by atoms with van der Waals surface area (Å²) in [5.74, 6) is 1.01. The summed E-state index contributed by atoms with van der Waals surface area (Å²) in [6, 6.07) is 5.59. The molecule has 2 rings (SSSR count). The lowest BCUT2D eigenvalue weighted by Gasteiger charge is -2.09. The van der Waals surface area contributed by atoms with E-state index in [2.05, 4.69) is 15.3 Å². The molecule has 0 unspecified atom stereocenters. The molecule has 2 aromatic rings. The van der Waals surface area contributed by atoms with Crippen molar-refractivity contribution in [1.29, 1.82) is 0 Å². The number of rotatable bonds is 5. The lowest BCUT2D eigenvalue weighted by molar-refractivity contribution is 0.817. The summed E-state index contributed by atoms with van der Waals surface area (Å²) in [6.45, 7) is 0.839. The second kappa shape index (κ2) is 5.59. The fourth-order valence-corrected chi connectivity index (χ4v) is 1.78. The van der Waals surface area contributed by atoms with Crippen LogP contribution in [0.2, 0.25) is 5.02 Å². The van der Waals surface area contributed by atoms with Crippen molar-refractivity contribution in [1.82, 2.24) is 9.97 Å². The van der Waals surface area contributed by atoms with Crippen LogP contribution in [0.3, 0.4) is 0 Å². The molecule has 1 heterocycles. The Labute approximate surface area is 105 Å². The minimum atomic E-state index is 0.584. The van der Waals surface area contributed by atoms with Crippen LogP contribution in [-0.4, -0.2) is 16.5 Å². The van der Waals surface area contributed by atoms with Gasteiger partial charge in [0.05, 0.1) is 16.4 Å². The number of aromatic nitrogens is 2. The molecule has 0 aliphatic rings. The van der Waals surface area contributed by atoms with Gasteiger partial charge in [-0.1, -0.05) is 17.7 Å². The molecule has 0 bridgehead atoms. The molecule has 0 atom stereocenters. The monoisotopic (exact) mass is 250 g/mol. The molecule has 1 aromatic heterocycles. The maximum atomic E-state index is 5.93. The van der Waals surface area contributed by atoms with E-state index in [-0.39, 0.29) is 0 Å². The van der Waals surface area contributed by atoms with E-state index in [4.69, 9.17) is 17.3 Å². The molecule has 0 saturated heterocycles. The standard InChI is InChI=1S/C12H15ClN4/c13-9-3-1-4-10(12(9)14)15-6-2-5-11-16-7-8-17-11/h1,3-4,7-8,15H,2,5-6,14H2,(H,16,17). The highest BCUT2D eigenvalue weighted by Gasteiger charge is 2.02. The SMILES string of the molecule is Nc1c(Cl)cccc1NCCCc1ncc[nH]1. The van der Waals surface area contributed by atoms with Gasteiger partial charge in [0.1, 0.15) is 5.82 Å². The number of nitrogens with one attached hydrogen (secondary N) is 2. The van der Waals surface area contributed by atoms with Crippen LogP contribution in [0.1, 0.15) is 12.2 Å². The maximum absolute atomic E-state index is 5.93. The van der Waals surface area contributed by atoms with Gasteiger partial charge >= 0.3 is 0 Å². The number of anilines is 2. The first-order chi connectivity index (χ1) is 8.27. The number of nitrogens with two attached hydrogens (primary N) is 1. The maximum Gasteiger partial charge on any atom is 0.106 e. The zero-order chi connectivity index (χ0) is 12.1. The molecule has 90 valence electrons. The van der Waals surface area contributed by atoms with Crippen LogP contribution in [0.15, 0.2) is 30.6 Å². The molecule has 1 aromatic carbocycles. The first-order valence-corrected chi connectivity index (χ1v) is 5.91. The lowest BCUT2D eigenvalue weighted by Crippen LogP contribution is -2.06. The zero-order valence-corrected chi connectivity index (χ0v) is 10.2. The number of nitrogen functional groups attached to an aromatic ring is 1. The Bertz CT molecular complexity index is 467. The van der Waals surface area contributed by atoms with Gasteiger partial charge in [-0.3, -0.25) is 0 Å². The number of para-hydroxylation sites is 1. The normalized spacial score (nSPS) is 10.4. The summed E-state index contributed by atoms with van der Waals surface area (Å²) in [4.78, 5) is 7.23. The highest BCUT2D eigenvalue weighted by atomic mass is 35.5. The van der Waals surface area contributed by atoms with Crippen molar-refractivity contribution < 1.29 is 0 Å². The van der Waals surface area contributed by atoms with Gasteiger partial charge in [0.15, 0.2) is 0 Å². The molecule has 0 aliphatic carbocycles. The highest BCUT2D eigenvalue weighted by Crippen LogP contribution is 2.26. The van der Waals surface area contributed by atoms with Crippen LogP contribution in [0.5, 0.6) is 0 Å². The number of nitrogens with zero attached hydrogens (tertiary/aromatic N) is 1. The fraction of sp³-hybridized carbons (Fsp3) is 0.250. The molecule has 0 fully saturated rings. The van der Waals surface area contributed by atoms with Crippen molar-refractivity contribution in [3.05, 3.63) is 41.4 Å². The van der Waals surface area contributed by atoms with E-state index in [0.29, 0.717) is 10.7 Å². The van der Waals surface area contributed by atoms with Crippen molar-refractivity contribution >= 4 is 23.0 Å². The van der Waals surface area contributed by atoms with E-state index < -0.39 is 0 Å². The zero-order valence-electron chi connectivity index (χ0n) is 9.41. The second-order valence-corrected chi connectivity index (χ2v) is 4.17. The molecule has 0 saturated carbocycles. The third-order valence-electron chi connectivity index (χ3n) is 2.51. The molecule has 0 spiro atoms. The van der Waals surface area contributed by atoms with Gasteiger partial charge in [-0.05, 0) is 18.6 Å². The molecular weight excluding hydrogens is 236 g/mol.